The van der Waals surface area contributed by atoms with Crippen molar-refractivity contribution in [1.82, 2.24) is 9.71 Å². The zero-order valence-electron chi connectivity index (χ0n) is 19.9. The van der Waals surface area contributed by atoms with Crippen LogP contribution in [0.1, 0.15) is 55.8 Å². The van der Waals surface area contributed by atoms with E-state index in [0.717, 1.165) is 31.0 Å². The van der Waals surface area contributed by atoms with Gasteiger partial charge in [-0.2, -0.15) is 23.2 Å². The molecule has 0 spiro atoms. The second-order valence-electron chi connectivity index (χ2n) is 9.24. The largest absolute Gasteiger partial charge is 0.494 e. The lowest BCUT2D eigenvalue weighted by molar-refractivity contribution is -0.147. The molecule has 36 heavy (non-hydrogen) atoms. The maximum Gasteiger partial charge on any atom is 0.404 e. The van der Waals surface area contributed by atoms with Gasteiger partial charge in [-0.3, -0.25) is 4.98 Å². The molecule has 2 aliphatic rings. The van der Waals surface area contributed by atoms with Crippen LogP contribution >= 0.6 is 0 Å². The number of nitriles is 1. The Hall–Kier alpha value is -2.97. The van der Waals surface area contributed by atoms with Gasteiger partial charge in [0.05, 0.1) is 18.4 Å². The quantitative estimate of drug-likeness (QED) is 0.510. The molecule has 4 rings (SSSR count). The molecule has 11 heteroatoms. The summed E-state index contributed by atoms with van der Waals surface area (Å²) in [5, 5.41) is 10.1. The van der Waals surface area contributed by atoms with E-state index in [1.165, 1.54) is 25.3 Å². The topological polar surface area (TPSA) is 92.1 Å². The van der Waals surface area contributed by atoms with Gasteiger partial charge in [0.1, 0.15) is 17.0 Å². The number of aromatic nitrogens is 1. The van der Waals surface area contributed by atoms with E-state index in [0.29, 0.717) is 23.8 Å². The molecule has 1 saturated carbocycles. The standard InChI is InChI=1S/C25H25F4N3O3S/c1-13-17-10-22(35-3)20(26)9-18(17)19(11-30)24(23(13)15-5-4-6-15)21-8-7-16(12-31-21)36(33,34)32-14(2)25(27,28)29/h7-10,12-15,23,32H,4-6H2,1-3H3. The first-order chi connectivity index (χ1) is 16.9. The van der Waals surface area contributed by atoms with Crippen LogP contribution in [0.5, 0.6) is 5.75 Å². The summed E-state index contributed by atoms with van der Waals surface area (Å²) in [4.78, 5) is 3.83. The number of pyridine rings is 1. The predicted molar refractivity (Wildman–Crippen MR) is 125 cm³/mol. The van der Waals surface area contributed by atoms with Crippen molar-refractivity contribution in [3.63, 3.8) is 0 Å². The molecule has 0 amide bonds. The molecule has 1 aromatic carbocycles. The summed E-state index contributed by atoms with van der Waals surface area (Å²) in [6, 6.07) is 5.36. The molecule has 0 aliphatic heterocycles. The van der Waals surface area contributed by atoms with Crippen LogP contribution in [0, 0.1) is 29.0 Å². The number of hydrogen-bond donors (Lipinski definition) is 1. The summed E-state index contributed by atoms with van der Waals surface area (Å²) in [5.74, 6) is -0.512. The maximum atomic E-state index is 14.6. The van der Waals surface area contributed by atoms with E-state index in [-0.39, 0.29) is 29.1 Å². The molecule has 2 aliphatic carbocycles. The highest BCUT2D eigenvalue weighted by atomic mass is 32.2. The Labute approximate surface area is 207 Å². The van der Waals surface area contributed by atoms with Crippen molar-refractivity contribution in [3.8, 4) is 11.8 Å². The van der Waals surface area contributed by atoms with Gasteiger partial charge in [-0.05, 0) is 72.9 Å². The predicted octanol–water partition coefficient (Wildman–Crippen LogP) is 5.43. The van der Waals surface area contributed by atoms with E-state index in [4.69, 9.17) is 4.74 Å². The normalized spacial score (nSPS) is 21.4. The highest BCUT2D eigenvalue weighted by Gasteiger charge is 2.42. The molecule has 3 atom stereocenters. The molecule has 1 heterocycles. The minimum absolute atomic E-state index is 0.0852. The summed E-state index contributed by atoms with van der Waals surface area (Å²) in [6.45, 7) is 2.70. The first-order valence-corrected chi connectivity index (χ1v) is 12.9. The van der Waals surface area contributed by atoms with Gasteiger partial charge in [-0.15, -0.1) is 0 Å². The first-order valence-electron chi connectivity index (χ1n) is 11.5. The number of nitrogens with zero attached hydrogens (tertiary/aromatic N) is 2. The number of methoxy groups -OCH3 is 1. The van der Waals surface area contributed by atoms with Crippen molar-refractivity contribution in [1.29, 1.82) is 5.26 Å². The van der Waals surface area contributed by atoms with Crippen molar-refractivity contribution in [2.75, 3.05) is 7.11 Å². The van der Waals surface area contributed by atoms with Crippen LogP contribution in [0.2, 0.25) is 0 Å². The monoisotopic (exact) mass is 523 g/mol. The Kier molecular flexibility index (Phi) is 6.88. The smallest absolute Gasteiger partial charge is 0.404 e. The summed E-state index contributed by atoms with van der Waals surface area (Å²) in [5.41, 5.74) is 2.38. The Morgan fingerprint density at radius 1 is 1.25 bits per heavy atom. The second kappa shape index (κ2) is 9.48. The van der Waals surface area contributed by atoms with E-state index < -0.39 is 33.0 Å². The van der Waals surface area contributed by atoms with Crippen LogP contribution in [0.4, 0.5) is 17.6 Å². The highest BCUT2D eigenvalue weighted by Crippen LogP contribution is 2.54. The van der Waals surface area contributed by atoms with Crippen molar-refractivity contribution < 1.29 is 30.7 Å². The molecule has 0 radical (unpaired) electrons. The zero-order valence-corrected chi connectivity index (χ0v) is 20.7. The third-order valence-electron chi connectivity index (χ3n) is 7.14. The molecule has 1 aromatic heterocycles. The average molecular weight is 524 g/mol. The Bertz CT molecular complexity index is 1340. The molecular formula is C25H25F4N3O3S. The van der Waals surface area contributed by atoms with E-state index in [1.54, 1.807) is 10.8 Å². The number of fused-ring (bicyclic) bond motifs is 1. The molecule has 1 fully saturated rings. The van der Waals surface area contributed by atoms with Crippen molar-refractivity contribution in [3.05, 3.63) is 53.1 Å². The third kappa shape index (κ3) is 4.60. The summed E-state index contributed by atoms with van der Waals surface area (Å²) in [7, 11) is -3.11. The van der Waals surface area contributed by atoms with E-state index in [1.807, 2.05) is 6.92 Å². The molecule has 3 unspecified atom stereocenters. The van der Waals surface area contributed by atoms with Gasteiger partial charge in [-0.1, -0.05) is 13.3 Å². The number of hydrogen-bond acceptors (Lipinski definition) is 5. The van der Waals surface area contributed by atoms with Crippen molar-refractivity contribution >= 4 is 21.2 Å². The molecule has 6 nitrogen and oxygen atoms in total. The number of allylic oxidation sites excluding steroid dienone is 2. The summed E-state index contributed by atoms with van der Waals surface area (Å²) in [6.07, 6.45) is -0.842. The summed E-state index contributed by atoms with van der Waals surface area (Å²) >= 11 is 0. The summed E-state index contributed by atoms with van der Waals surface area (Å²) < 4.78 is 84.9. The van der Waals surface area contributed by atoms with Crippen LogP contribution < -0.4 is 9.46 Å². The van der Waals surface area contributed by atoms with Crippen LogP contribution in [0.3, 0.4) is 0 Å². The maximum absolute atomic E-state index is 14.6. The third-order valence-corrected chi connectivity index (χ3v) is 8.67. The van der Waals surface area contributed by atoms with Crippen LogP contribution in [-0.2, 0) is 10.0 Å². The zero-order chi connectivity index (χ0) is 26.4. The number of nitrogens with one attached hydrogen (secondary N) is 1. The molecule has 0 saturated heterocycles. The fourth-order valence-corrected chi connectivity index (χ4v) is 6.18. The lowest BCUT2D eigenvalue weighted by Crippen LogP contribution is -2.43. The lowest BCUT2D eigenvalue weighted by Gasteiger charge is -2.42. The molecule has 1 N–H and O–H groups in total. The molecule has 192 valence electrons. The number of alkyl halides is 3. The van der Waals surface area contributed by atoms with Crippen LogP contribution in [0.15, 0.2) is 35.4 Å². The Morgan fingerprint density at radius 3 is 2.44 bits per heavy atom. The lowest BCUT2D eigenvalue weighted by atomic mass is 9.61. The Morgan fingerprint density at radius 2 is 1.94 bits per heavy atom. The van der Waals surface area contributed by atoms with E-state index in [9.17, 15) is 31.2 Å². The van der Waals surface area contributed by atoms with Crippen molar-refractivity contribution in [2.45, 2.75) is 56.1 Å². The van der Waals surface area contributed by atoms with Gasteiger partial charge in [0.25, 0.3) is 0 Å². The average Bonchev–Trinajstić information content (AvgIpc) is 2.78. The minimum Gasteiger partial charge on any atom is -0.494 e. The Balaban J connectivity index is 1.81. The van der Waals surface area contributed by atoms with Gasteiger partial charge in [0.15, 0.2) is 11.6 Å². The van der Waals surface area contributed by atoms with Gasteiger partial charge in [0.2, 0.25) is 10.0 Å². The minimum atomic E-state index is -4.74. The highest BCUT2D eigenvalue weighted by molar-refractivity contribution is 7.89. The second-order valence-corrected chi connectivity index (χ2v) is 11.0. The number of sulfonamides is 1. The number of ether oxygens (including phenoxy) is 1. The molecule has 2 aromatic rings. The van der Waals surface area contributed by atoms with Crippen molar-refractivity contribution in [2.24, 2.45) is 11.8 Å². The van der Waals surface area contributed by atoms with Gasteiger partial charge >= 0.3 is 6.18 Å². The van der Waals surface area contributed by atoms with Gasteiger partial charge < -0.3 is 4.74 Å². The van der Waals surface area contributed by atoms with Gasteiger partial charge in [0, 0.05) is 11.8 Å². The van der Waals surface area contributed by atoms with Crippen LogP contribution in [0.25, 0.3) is 11.1 Å². The number of benzene rings is 1. The molecule has 0 bridgehead atoms. The van der Waals surface area contributed by atoms with E-state index in [2.05, 4.69) is 11.1 Å². The molecular weight excluding hydrogens is 498 g/mol. The fourth-order valence-electron chi connectivity index (χ4n) is 5.00. The van der Waals surface area contributed by atoms with Gasteiger partial charge in [-0.25, -0.2) is 12.8 Å². The SMILES string of the molecule is COc1cc2c(cc1F)C(C#N)=C(c1ccc(S(=O)(=O)NC(C)C(F)(F)F)cn1)C(C1CCC1)C2C. The van der Waals surface area contributed by atoms with Crippen LogP contribution in [-0.4, -0.2) is 32.7 Å². The fraction of sp³-hybridized carbons (Fsp3) is 0.440. The number of halogens is 4. The number of rotatable bonds is 6. The van der Waals surface area contributed by atoms with E-state index >= 15 is 0 Å². The first kappa shape index (κ1) is 26.1.